The number of hydrogen-bond donors (Lipinski definition) is 2. The van der Waals surface area contributed by atoms with Gasteiger partial charge in [-0.05, 0) is 25.7 Å². The lowest BCUT2D eigenvalue weighted by atomic mass is 9.78. The molecule has 1 aliphatic carbocycles. The number of hydrogen-bond acceptors (Lipinski definition) is 3. The molecule has 1 heterocycles. The van der Waals surface area contributed by atoms with Crippen molar-refractivity contribution in [3.8, 4) is 0 Å². The monoisotopic (exact) mass is 254 g/mol. The second kappa shape index (κ2) is 5.69. The van der Waals surface area contributed by atoms with Crippen molar-refractivity contribution in [2.45, 2.75) is 44.6 Å². The van der Waals surface area contributed by atoms with Gasteiger partial charge in [0.2, 0.25) is 5.91 Å². The summed E-state index contributed by atoms with van der Waals surface area (Å²) in [6.45, 7) is 1.37. The van der Waals surface area contributed by atoms with Crippen molar-refractivity contribution in [1.82, 2.24) is 4.90 Å². The smallest absolute Gasteiger partial charge is 0.307 e. The molecule has 2 atom stereocenters. The van der Waals surface area contributed by atoms with E-state index in [1.807, 2.05) is 4.90 Å². The number of carbonyl (C=O) groups excluding carboxylic acids is 1. The molecule has 0 radical (unpaired) electrons. The SMILES string of the molecule is NC1CCN(C(=O)C2CCCCC2C(=O)O)CC1. The minimum atomic E-state index is -0.818. The van der Waals surface area contributed by atoms with Gasteiger partial charge in [0.1, 0.15) is 0 Å². The van der Waals surface area contributed by atoms with E-state index in [4.69, 9.17) is 5.73 Å². The number of nitrogens with zero attached hydrogens (tertiary/aromatic N) is 1. The summed E-state index contributed by atoms with van der Waals surface area (Å²) in [5.74, 6) is -1.58. The summed E-state index contributed by atoms with van der Waals surface area (Å²) < 4.78 is 0. The summed E-state index contributed by atoms with van der Waals surface area (Å²) in [5, 5.41) is 9.21. The highest BCUT2D eigenvalue weighted by molar-refractivity contribution is 5.85. The lowest BCUT2D eigenvalue weighted by molar-refractivity contribution is -0.152. The molecule has 1 aliphatic heterocycles. The van der Waals surface area contributed by atoms with Crippen LogP contribution < -0.4 is 5.73 Å². The molecule has 1 saturated heterocycles. The van der Waals surface area contributed by atoms with Gasteiger partial charge in [-0.1, -0.05) is 12.8 Å². The minimum Gasteiger partial charge on any atom is -0.481 e. The molecule has 1 saturated carbocycles. The van der Waals surface area contributed by atoms with Crippen molar-refractivity contribution in [1.29, 1.82) is 0 Å². The van der Waals surface area contributed by atoms with E-state index in [0.717, 1.165) is 32.1 Å². The quantitative estimate of drug-likeness (QED) is 0.764. The fourth-order valence-corrected chi connectivity index (χ4v) is 3.08. The van der Waals surface area contributed by atoms with E-state index in [0.29, 0.717) is 19.5 Å². The van der Waals surface area contributed by atoms with Crippen LogP contribution in [0.4, 0.5) is 0 Å². The van der Waals surface area contributed by atoms with E-state index in [1.165, 1.54) is 0 Å². The highest BCUT2D eigenvalue weighted by Crippen LogP contribution is 2.32. The topological polar surface area (TPSA) is 83.6 Å². The maximum absolute atomic E-state index is 12.4. The summed E-state index contributed by atoms with van der Waals surface area (Å²) in [4.78, 5) is 25.4. The molecule has 2 aliphatic rings. The van der Waals surface area contributed by atoms with E-state index >= 15 is 0 Å². The van der Waals surface area contributed by atoms with Crippen molar-refractivity contribution in [3.63, 3.8) is 0 Å². The summed E-state index contributed by atoms with van der Waals surface area (Å²) in [6, 6.07) is 0.190. The molecule has 18 heavy (non-hydrogen) atoms. The Labute approximate surface area is 107 Å². The van der Waals surface area contributed by atoms with Crippen LogP contribution in [0.5, 0.6) is 0 Å². The lowest BCUT2D eigenvalue weighted by Gasteiger charge is -2.36. The van der Waals surface area contributed by atoms with Gasteiger partial charge in [-0.3, -0.25) is 9.59 Å². The normalized spacial score (nSPS) is 30.2. The predicted molar refractivity (Wildman–Crippen MR) is 66.9 cm³/mol. The lowest BCUT2D eigenvalue weighted by Crippen LogP contribution is -2.48. The fourth-order valence-electron chi connectivity index (χ4n) is 3.08. The third kappa shape index (κ3) is 2.83. The largest absolute Gasteiger partial charge is 0.481 e. The fraction of sp³-hybridized carbons (Fsp3) is 0.846. The second-order valence-electron chi connectivity index (χ2n) is 5.50. The average Bonchev–Trinajstić information content (AvgIpc) is 2.39. The van der Waals surface area contributed by atoms with E-state index in [9.17, 15) is 14.7 Å². The Balaban J connectivity index is 2.00. The predicted octanol–water partition coefficient (Wildman–Crippen LogP) is 0.827. The number of amides is 1. The number of likely N-dealkylation sites (tertiary alicyclic amines) is 1. The van der Waals surface area contributed by atoms with Crippen LogP contribution in [0.3, 0.4) is 0 Å². The second-order valence-corrected chi connectivity index (χ2v) is 5.50. The number of aliphatic carboxylic acids is 1. The first-order chi connectivity index (χ1) is 8.59. The minimum absolute atomic E-state index is 0.0361. The van der Waals surface area contributed by atoms with Crippen LogP contribution in [0.25, 0.3) is 0 Å². The molecule has 0 aromatic rings. The van der Waals surface area contributed by atoms with Gasteiger partial charge in [-0.2, -0.15) is 0 Å². The third-order valence-corrected chi connectivity index (χ3v) is 4.25. The van der Waals surface area contributed by atoms with E-state index in [1.54, 1.807) is 0 Å². The molecule has 2 fully saturated rings. The van der Waals surface area contributed by atoms with Crippen molar-refractivity contribution >= 4 is 11.9 Å². The Morgan fingerprint density at radius 1 is 1.00 bits per heavy atom. The molecular weight excluding hydrogens is 232 g/mol. The number of piperidine rings is 1. The standard InChI is InChI=1S/C13H22N2O3/c14-9-5-7-15(8-6-9)12(16)10-3-1-2-4-11(10)13(17)18/h9-11H,1-8,14H2,(H,17,18). The molecule has 1 amide bonds. The van der Waals surface area contributed by atoms with Crippen LogP contribution in [0.2, 0.25) is 0 Å². The summed E-state index contributed by atoms with van der Waals surface area (Å²) in [6.07, 6.45) is 4.91. The molecule has 2 unspecified atom stereocenters. The van der Waals surface area contributed by atoms with Crippen molar-refractivity contribution < 1.29 is 14.7 Å². The zero-order valence-corrected chi connectivity index (χ0v) is 10.7. The summed E-state index contributed by atoms with van der Waals surface area (Å²) >= 11 is 0. The van der Waals surface area contributed by atoms with Gasteiger partial charge in [-0.15, -0.1) is 0 Å². The van der Waals surface area contributed by atoms with Gasteiger partial charge in [0.05, 0.1) is 11.8 Å². The molecular formula is C13H22N2O3. The zero-order valence-electron chi connectivity index (χ0n) is 10.7. The van der Waals surface area contributed by atoms with Gasteiger partial charge in [-0.25, -0.2) is 0 Å². The van der Waals surface area contributed by atoms with Crippen LogP contribution in [-0.2, 0) is 9.59 Å². The third-order valence-electron chi connectivity index (χ3n) is 4.25. The number of carbonyl (C=O) groups is 2. The van der Waals surface area contributed by atoms with Crippen LogP contribution in [0.15, 0.2) is 0 Å². The zero-order chi connectivity index (χ0) is 13.1. The van der Waals surface area contributed by atoms with Crippen molar-refractivity contribution in [3.05, 3.63) is 0 Å². The molecule has 0 aromatic heterocycles. The Hall–Kier alpha value is -1.10. The van der Waals surface area contributed by atoms with E-state index in [-0.39, 0.29) is 17.9 Å². The molecule has 0 spiro atoms. The van der Waals surface area contributed by atoms with Gasteiger partial charge < -0.3 is 15.7 Å². The average molecular weight is 254 g/mol. The molecule has 0 bridgehead atoms. The number of rotatable bonds is 2. The molecule has 3 N–H and O–H groups in total. The van der Waals surface area contributed by atoms with Gasteiger partial charge >= 0.3 is 5.97 Å². The number of carboxylic acids is 1. The van der Waals surface area contributed by atoms with Crippen LogP contribution >= 0.6 is 0 Å². The Kier molecular flexibility index (Phi) is 4.22. The number of carboxylic acid groups (broad SMARTS) is 1. The highest BCUT2D eigenvalue weighted by Gasteiger charge is 2.38. The van der Waals surface area contributed by atoms with Crippen LogP contribution in [-0.4, -0.2) is 41.0 Å². The maximum Gasteiger partial charge on any atom is 0.307 e. The summed E-state index contributed by atoms with van der Waals surface area (Å²) in [5.41, 5.74) is 5.82. The first-order valence-corrected chi connectivity index (χ1v) is 6.86. The van der Waals surface area contributed by atoms with Gasteiger partial charge in [0.25, 0.3) is 0 Å². The van der Waals surface area contributed by atoms with Crippen molar-refractivity contribution in [2.75, 3.05) is 13.1 Å². The maximum atomic E-state index is 12.4. The Bertz CT molecular complexity index is 324. The van der Waals surface area contributed by atoms with E-state index < -0.39 is 11.9 Å². The number of nitrogens with two attached hydrogens (primary N) is 1. The van der Waals surface area contributed by atoms with Crippen LogP contribution in [0.1, 0.15) is 38.5 Å². The van der Waals surface area contributed by atoms with E-state index in [2.05, 4.69) is 0 Å². The Morgan fingerprint density at radius 3 is 2.11 bits per heavy atom. The molecule has 5 nitrogen and oxygen atoms in total. The van der Waals surface area contributed by atoms with Crippen LogP contribution in [0, 0.1) is 11.8 Å². The molecule has 5 heteroatoms. The van der Waals surface area contributed by atoms with Gasteiger partial charge in [0, 0.05) is 19.1 Å². The molecule has 0 aromatic carbocycles. The van der Waals surface area contributed by atoms with Gasteiger partial charge in [0.15, 0.2) is 0 Å². The molecule has 102 valence electrons. The first-order valence-electron chi connectivity index (χ1n) is 6.86. The molecule has 2 rings (SSSR count). The summed E-state index contributed by atoms with van der Waals surface area (Å²) in [7, 11) is 0. The first kappa shape index (κ1) is 13.3. The van der Waals surface area contributed by atoms with Crippen molar-refractivity contribution in [2.24, 2.45) is 17.6 Å². The Morgan fingerprint density at radius 2 is 1.56 bits per heavy atom. The highest BCUT2D eigenvalue weighted by atomic mass is 16.4.